The zero-order chi connectivity index (χ0) is 26.5. The van der Waals surface area contributed by atoms with Gasteiger partial charge < -0.3 is 24.8 Å². The summed E-state index contributed by atoms with van der Waals surface area (Å²) in [5.74, 6) is -0.162. The summed E-state index contributed by atoms with van der Waals surface area (Å²) in [6.07, 6.45) is -0.720. The van der Waals surface area contributed by atoms with Crippen molar-refractivity contribution in [2.24, 2.45) is 5.41 Å². The average Bonchev–Trinajstić information content (AvgIpc) is 3.59. The Morgan fingerprint density at radius 2 is 1.92 bits per heavy atom. The Hall–Kier alpha value is -2.70. The first-order valence-corrected chi connectivity index (χ1v) is 12.9. The number of nitrogens with one attached hydrogen (secondary N) is 2. The van der Waals surface area contributed by atoms with Crippen LogP contribution < -0.4 is 19.7 Å². The molecule has 1 saturated carbocycles. The molecule has 3 N–H and O–H groups in total. The lowest BCUT2D eigenvalue weighted by Gasteiger charge is -2.35. The number of ether oxygens (including phenoxy) is 1. The summed E-state index contributed by atoms with van der Waals surface area (Å²) in [6, 6.07) is 8.53. The number of nitrogens with zero attached hydrogens (tertiary/aromatic N) is 2. The van der Waals surface area contributed by atoms with Crippen molar-refractivity contribution in [3.05, 3.63) is 41.5 Å². The molecule has 4 rings (SSSR count). The molecular formula is C25H31F3N4O4S. The number of rotatable bonds is 11. The summed E-state index contributed by atoms with van der Waals surface area (Å²) < 4.78 is 50.8. The zero-order valence-electron chi connectivity index (χ0n) is 20.6. The molecule has 1 spiro atoms. The van der Waals surface area contributed by atoms with Crippen molar-refractivity contribution in [2.75, 3.05) is 47.8 Å². The molecule has 2 heterocycles. The number of aromatic nitrogens is 1. The number of benzene rings is 1. The van der Waals surface area contributed by atoms with Crippen molar-refractivity contribution >= 4 is 35.3 Å². The van der Waals surface area contributed by atoms with Crippen LogP contribution in [0.4, 0.5) is 30.4 Å². The Bertz CT molecular complexity index is 1090. The lowest BCUT2D eigenvalue weighted by Crippen LogP contribution is -2.35. The Labute approximate surface area is 218 Å². The SMILES string of the molecule is Cc1cc(NC(=O)c2ccc(NSOCCO)cc2N2CCC3(CC2)CC3)nc(OCCC(F)(F)F)c1. The van der Waals surface area contributed by atoms with E-state index in [1.807, 2.05) is 6.07 Å². The minimum Gasteiger partial charge on any atom is -0.477 e. The third-order valence-corrected chi connectivity index (χ3v) is 7.18. The Balaban J connectivity index is 1.49. The van der Waals surface area contributed by atoms with Gasteiger partial charge in [-0.3, -0.25) is 8.98 Å². The minimum absolute atomic E-state index is 0.0185. The molecule has 37 heavy (non-hydrogen) atoms. The van der Waals surface area contributed by atoms with Crippen molar-refractivity contribution < 1.29 is 32.0 Å². The Morgan fingerprint density at radius 3 is 2.59 bits per heavy atom. The zero-order valence-corrected chi connectivity index (χ0v) is 21.4. The number of aliphatic hydroxyl groups is 1. The third kappa shape index (κ3) is 7.89. The number of alkyl halides is 3. The molecule has 0 unspecified atom stereocenters. The molecule has 0 bridgehead atoms. The van der Waals surface area contributed by atoms with Crippen LogP contribution in [0.15, 0.2) is 30.3 Å². The number of anilines is 3. The number of aryl methyl sites for hydroxylation is 1. The second kappa shape index (κ2) is 11.8. The second-order valence-corrected chi connectivity index (χ2v) is 10.1. The van der Waals surface area contributed by atoms with Crippen LogP contribution in [-0.4, -0.2) is 55.1 Å². The number of hydrogen-bond donors (Lipinski definition) is 3. The number of amides is 1. The van der Waals surface area contributed by atoms with E-state index in [4.69, 9.17) is 14.0 Å². The van der Waals surface area contributed by atoms with E-state index in [1.54, 1.807) is 25.1 Å². The van der Waals surface area contributed by atoms with Crippen molar-refractivity contribution in [1.29, 1.82) is 0 Å². The van der Waals surface area contributed by atoms with E-state index in [1.165, 1.54) is 18.9 Å². The summed E-state index contributed by atoms with van der Waals surface area (Å²) in [5.41, 5.74) is 3.14. The normalized spacial score (nSPS) is 16.5. The summed E-state index contributed by atoms with van der Waals surface area (Å²) >= 11 is 1.00. The van der Waals surface area contributed by atoms with Gasteiger partial charge in [0.25, 0.3) is 5.91 Å². The van der Waals surface area contributed by atoms with Crippen LogP contribution >= 0.6 is 12.2 Å². The number of piperidine rings is 1. The van der Waals surface area contributed by atoms with E-state index in [2.05, 4.69) is 19.9 Å². The highest BCUT2D eigenvalue weighted by molar-refractivity contribution is 7.96. The fraction of sp³-hybridized carbons (Fsp3) is 0.520. The third-order valence-electron chi connectivity index (χ3n) is 6.58. The molecule has 1 aromatic heterocycles. The molecule has 1 saturated heterocycles. The summed E-state index contributed by atoms with van der Waals surface area (Å²) in [5, 5.41) is 11.7. The van der Waals surface area contributed by atoms with Gasteiger partial charge in [-0.05, 0) is 67.9 Å². The molecule has 1 aliphatic carbocycles. The molecule has 2 fully saturated rings. The van der Waals surface area contributed by atoms with Gasteiger partial charge in [0, 0.05) is 24.8 Å². The van der Waals surface area contributed by atoms with Gasteiger partial charge in [-0.1, -0.05) is 0 Å². The van der Waals surface area contributed by atoms with Crippen LogP contribution in [-0.2, 0) is 4.18 Å². The van der Waals surface area contributed by atoms with E-state index < -0.39 is 19.2 Å². The number of aliphatic hydroxyl groups excluding tert-OH is 1. The Kier molecular flexibility index (Phi) is 8.71. The first kappa shape index (κ1) is 27.3. The highest BCUT2D eigenvalue weighted by atomic mass is 32.2. The van der Waals surface area contributed by atoms with Crippen LogP contribution in [0.3, 0.4) is 0 Å². The quantitative estimate of drug-likeness (QED) is 0.200. The fourth-order valence-electron chi connectivity index (χ4n) is 4.33. The van der Waals surface area contributed by atoms with E-state index in [0.717, 1.165) is 49.5 Å². The van der Waals surface area contributed by atoms with Crippen molar-refractivity contribution in [3.8, 4) is 5.88 Å². The van der Waals surface area contributed by atoms with Gasteiger partial charge in [0.1, 0.15) is 18.0 Å². The number of hydrogen-bond acceptors (Lipinski definition) is 8. The monoisotopic (exact) mass is 540 g/mol. The number of halogens is 3. The van der Waals surface area contributed by atoms with Gasteiger partial charge in [-0.2, -0.15) is 18.2 Å². The fourth-order valence-corrected chi connectivity index (χ4v) is 4.77. The molecule has 12 heteroatoms. The van der Waals surface area contributed by atoms with Crippen LogP contribution in [0.2, 0.25) is 0 Å². The number of pyridine rings is 1. The summed E-state index contributed by atoms with van der Waals surface area (Å²) in [6.45, 7) is 2.98. The largest absolute Gasteiger partial charge is 0.477 e. The minimum atomic E-state index is -4.32. The van der Waals surface area contributed by atoms with Crippen LogP contribution in [0, 0.1) is 12.3 Å². The highest BCUT2D eigenvalue weighted by Gasteiger charge is 2.44. The van der Waals surface area contributed by atoms with Gasteiger partial charge in [0.15, 0.2) is 0 Å². The number of carbonyl (C=O) groups is 1. The van der Waals surface area contributed by atoms with Gasteiger partial charge >= 0.3 is 6.18 Å². The van der Waals surface area contributed by atoms with Crippen LogP contribution in [0.25, 0.3) is 0 Å². The highest BCUT2D eigenvalue weighted by Crippen LogP contribution is 2.54. The van der Waals surface area contributed by atoms with Crippen molar-refractivity contribution in [2.45, 2.75) is 45.2 Å². The van der Waals surface area contributed by atoms with Crippen LogP contribution in [0.5, 0.6) is 5.88 Å². The maximum Gasteiger partial charge on any atom is 0.392 e. The van der Waals surface area contributed by atoms with Crippen molar-refractivity contribution in [1.82, 2.24) is 4.98 Å². The van der Waals surface area contributed by atoms with E-state index in [9.17, 15) is 18.0 Å². The molecule has 0 radical (unpaired) electrons. The molecule has 1 aromatic carbocycles. The lowest BCUT2D eigenvalue weighted by molar-refractivity contribution is -0.139. The molecule has 202 valence electrons. The lowest BCUT2D eigenvalue weighted by atomic mass is 9.93. The molecular weight excluding hydrogens is 509 g/mol. The molecule has 8 nitrogen and oxygen atoms in total. The van der Waals surface area contributed by atoms with E-state index in [0.29, 0.717) is 16.5 Å². The first-order valence-electron chi connectivity index (χ1n) is 12.2. The second-order valence-electron chi connectivity index (χ2n) is 9.49. The molecule has 1 aliphatic heterocycles. The topological polar surface area (TPSA) is 96.0 Å². The molecule has 1 amide bonds. The number of carbonyl (C=O) groups excluding carboxylic acids is 1. The molecule has 2 aliphatic rings. The van der Waals surface area contributed by atoms with Gasteiger partial charge in [0.2, 0.25) is 5.88 Å². The van der Waals surface area contributed by atoms with Gasteiger partial charge in [0.05, 0.1) is 37.5 Å². The molecule has 2 aromatic rings. The summed E-state index contributed by atoms with van der Waals surface area (Å²) in [4.78, 5) is 19.7. The van der Waals surface area contributed by atoms with Crippen LogP contribution in [0.1, 0.15) is 48.0 Å². The first-order chi connectivity index (χ1) is 17.7. The summed E-state index contributed by atoms with van der Waals surface area (Å²) in [7, 11) is 0. The standard InChI is InChI=1S/C25H31F3N4O4S/c1-17-14-21(29-22(15-17)35-12-8-25(26,27)28)30-23(34)19-3-2-18(31-37-36-13-11-33)16-20(19)32-9-6-24(4-5-24)7-10-32/h2-3,14-16,31,33H,4-13H2,1H3,(H,29,30,34). The van der Waals surface area contributed by atoms with Gasteiger partial charge in [-0.25, -0.2) is 0 Å². The predicted octanol–water partition coefficient (Wildman–Crippen LogP) is 5.34. The smallest absolute Gasteiger partial charge is 0.392 e. The van der Waals surface area contributed by atoms with Gasteiger partial charge in [-0.15, -0.1) is 0 Å². The maximum atomic E-state index is 13.4. The van der Waals surface area contributed by atoms with E-state index in [-0.39, 0.29) is 30.8 Å². The molecule has 0 atom stereocenters. The maximum absolute atomic E-state index is 13.4. The average molecular weight is 541 g/mol. The van der Waals surface area contributed by atoms with E-state index >= 15 is 0 Å². The van der Waals surface area contributed by atoms with Crippen molar-refractivity contribution in [3.63, 3.8) is 0 Å². The predicted molar refractivity (Wildman–Crippen MR) is 137 cm³/mol. The Morgan fingerprint density at radius 1 is 1.16 bits per heavy atom.